The van der Waals surface area contributed by atoms with E-state index < -0.39 is 11.9 Å². The molecule has 0 aliphatic carbocycles. The van der Waals surface area contributed by atoms with Gasteiger partial charge in [0.15, 0.2) is 0 Å². The van der Waals surface area contributed by atoms with E-state index >= 15 is 0 Å². The van der Waals surface area contributed by atoms with Crippen LogP contribution < -0.4 is 0 Å². The van der Waals surface area contributed by atoms with Gasteiger partial charge in [-0.2, -0.15) is 0 Å². The van der Waals surface area contributed by atoms with Crippen LogP contribution in [0.15, 0.2) is 0 Å². The van der Waals surface area contributed by atoms with Gasteiger partial charge in [0, 0.05) is 0 Å². The van der Waals surface area contributed by atoms with Gasteiger partial charge in [-0.3, -0.25) is 9.59 Å². The summed E-state index contributed by atoms with van der Waals surface area (Å²) in [4.78, 5) is 25.4. The Bertz CT molecular complexity index is 487. The van der Waals surface area contributed by atoms with E-state index in [0.717, 1.165) is 51.4 Å². The first-order valence-electron chi connectivity index (χ1n) is 17.5. The zero-order valence-electron chi connectivity index (χ0n) is 26.9. The average molecular weight is 553 g/mol. The second kappa shape index (κ2) is 29.9. The van der Waals surface area contributed by atoms with Crippen molar-refractivity contribution in [2.24, 2.45) is 0 Å². The molecular weight excluding hydrogens is 484 g/mol. The fourth-order valence-corrected chi connectivity index (χ4v) is 5.35. The maximum atomic E-state index is 12.7. The normalized spacial score (nSPS) is 12.8. The van der Waals surface area contributed by atoms with Crippen LogP contribution >= 0.6 is 0 Å². The van der Waals surface area contributed by atoms with Crippen molar-refractivity contribution in [2.75, 3.05) is 0 Å². The van der Waals surface area contributed by atoms with Crippen molar-refractivity contribution >= 4 is 11.9 Å². The first-order valence-corrected chi connectivity index (χ1v) is 17.5. The summed E-state index contributed by atoms with van der Waals surface area (Å²) in [5, 5.41) is 0. The van der Waals surface area contributed by atoms with Gasteiger partial charge in [-0.05, 0) is 51.4 Å². The molecule has 0 aromatic carbocycles. The lowest BCUT2D eigenvalue weighted by atomic mass is 10.0. The largest absolute Gasteiger partial charge is 0.462 e. The van der Waals surface area contributed by atoms with Crippen LogP contribution in [0.2, 0.25) is 0 Å². The summed E-state index contributed by atoms with van der Waals surface area (Å²) in [5.41, 5.74) is 0. The number of esters is 2. The van der Waals surface area contributed by atoms with E-state index in [1.807, 2.05) is 0 Å². The van der Waals surface area contributed by atoms with Crippen molar-refractivity contribution < 1.29 is 19.1 Å². The Balaban J connectivity index is 4.57. The summed E-state index contributed by atoms with van der Waals surface area (Å²) < 4.78 is 11.7. The maximum absolute atomic E-state index is 12.7. The van der Waals surface area contributed by atoms with Crippen LogP contribution in [0.25, 0.3) is 0 Å². The molecule has 4 nitrogen and oxygen atoms in total. The van der Waals surface area contributed by atoms with Crippen LogP contribution in [-0.4, -0.2) is 24.1 Å². The van der Waals surface area contributed by atoms with E-state index in [-0.39, 0.29) is 18.6 Å². The molecule has 0 aromatic rings. The minimum Gasteiger partial charge on any atom is -0.462 e. The topological polar surface area (TPSA) is 52.6 Å². The predicted molar refractivity (Wildman–Crippen MR) is 167 cm³/mol. The predicted octanol–water partition coefficient (Wildman–Crippen LogP) is 11.4. The lowest BCUT2D eigenvalue weighted by molar-refractivity contribution is -0.161. The van der Waals surface area contributed by atoms with Gasteiger partial charge in [0.1, 0.15) is 18.6 Å². The van der Waals surface area contributed by atoms with Crippen molar-refractivity contribution in [3.63, 3.8) is 0 Å². The van der Waals surface area contributed by atoms with Gasteiger partial charge in [0.05, 0.1) is 0 Å². The second-order valence-electron chi connectivity index (χ2n) is 11.9. The second-order valence-corrected chi connectivity index (χ2v) is 11.9. The standard InChI is InChI=1S/C35H68O4/c1-5-9-13-17-19-21-25-29-32(27-23-15-11-7-3)38-34(36)31-35(37)39-33(28-24-16-12-8-4)30-26-22-20-18-14-10-6-2/h32-33H,5-31H2,1-4H3. The summed E-state index contributed by atoms with van der Waals surface area (Å²) >= 11 is 0. The molecule has 232 valence electrons. The third-order valence-corrected chi connectivity index (χ3v) is 7.90. The molecule has 0 bridgehead atoms. The fourth-order valence-electron chi connectivity index (χ4n) is 5.35. The van der Waals surface area contributed by atoms with Gasteiger partial charge < -0.3 is 9.47 Å². The van der Waals surface area contributed by atoms with Gasteiger partial charge in [-0.15, -0.1) is 0 Å². The Hall–Kier alpha value is -1.06. The highest BCUT2D eigenvalue weighted by Crippen LogP contribution is 2.19. The van der Waals surface area contributed by atoms with Crippen LogP contribution in [-0.2, 0) is 19.1 Å². The quantitative estimate of drug-likeness (QED) is 0.0505. The minimum absolute atomic E-state index is 0.0599. The van der Waals surface area contributed by atoms with Crippen molar-refractivity contribution in [3.05, 3.63) is 0 Å². The summed E-state index contributed by atoms with van der Waals surface area (Å²) in [6, 6.07) is 0. The smallest absolute Gasteiger partial charge is 0.317 e. The molecule has 0 saturated carbocycles. The summed E-state index contributed by atoms with van der Waals surface area (Å²) in [6.45, 7) is 8.92. The summed E-state index contributed by atoms with van der Waals surface area (Å²) in [5.74, 6) is -0.798. The molecule has 0 aliphatic rings. The van der Waals surface area contributed by atoms with Gasteiger partial charge in [0.2, 0.25) is 0 Å². The van der Waals surface area contributed by atoms with Crippen LogP contribution in [0.3, 0.4) is 0 Å². The fraction of sp³-hybridized carbons (Fsp3) is 0.943. The van der Waals surface area contributed by atoms with E-state index in [0.29, 0.717) is 0 Å². The Morgan fingerprint density at radius 1 is 0.385 bits per heavy atom. The van der Waals surface area contributed by atoms with Crippen LogP contribution in [0, 0.1) is 0 Å². The summed E-state index contributed by atoms with van der Waals surface area (Å²) in [6.07, 6.45) is 30.3. The number of rotatable bonds is 30. The first-order chi connectivity index (χ1) is 19.1. The third-order valence-electron chi connectivity index (χ3n) is 7.90. The average Bonchev–Trinajstić information content (AvgIpc) is 2.91. The van der Waals surface area contributed by atoms with Crippen LogP contribution in [0.4, 0.5) is 0 Å². The summed E-state index contributed by atoms with van der Waals surface area (Å²) in [7, 11) is 0. The lowest BCUT2D eigenvalue weighted by Crippen LogP contribution is -2.24. The zero-order chi connectivity index (χ0) is 28.8. The van der Waals surface area contributed by atoms with Crippen molar-refractivity contribution in [3.8, 4) is 0 Å². The Labute approximate surface area is 244 Å². The lowest BCUT2D eigenvalue weighted by Gasteiger charge is -2.20. The molecule has 0 saturated heterocycles. The van der Waals surface area contributed by atoms with Gasteiger partial charge in [-0.1, -0.05) is 143 Å². The highest BCUT2D eigenvalue weighted by molar-refractivity contribution is 5.91. The molecule has 0 spiro atoms. The van der Waals surface area contributed by atoms with E-state index in [1.54, 1.807) is 0 Å². The molecule has 2 unspecified atom stereocenters. The molecule has 0 heterocycles. The Morgan fingerprint density at radius 3 is 0.897 bits per heavy atom. The van der Waals surface area contributed by atoms with E-state index in [2.05, 4.69) is 27.7 Å². The zero-order valence-corrected chi connectivity index (χ0v) is 26.9. The molecule has 0 amide bonds. The van der Waals surface area contributed by atoms with Crippen molar-refractivity contribution in [1.82, 2.24) is 0 Å². The molecule has 0 radical (unpaired) electrons. The monoisotopic (exact) mass is 553 g/mol. The van der Waals surface area contributed by atoms with Crippen LogP contribution in [0.1, 0.15) is 201 Å². The van der Waals surface area contributed by atoms with Gasteiger partial charge in [0.25, 0.3) is 0 Å². The highest BCUT2D eigenvalue weighted by Gasteiger charge is 2.21. The van der Waals surface area contributed by atoms with E-state index in [1.165, 1.54) is 116 Å². The molecule has 0 aromatic heterocycles. The molecule has 0 aliphatic heterocycles. The first kappa shape index (κ1) is 37.9. The van der Waals surface area contributed by atoms with Gasteiger partial charge >= 0.3 is 11.9 Å². The molecular formula is C35H68O4. The number of hydrogen-bond acceptors (Lipinski definition) is 4. The van der Waals surface area contributed by atoms with Gasteiger partial charge in [-0.25, -0.2) is 0 Å². The SMILES string of the molecule is CCCCCCCCCC(CCCCCC)OC(=O)CC(=O)OC(CCCCCC)CCCCCCCCC. The molecule has 0 N–H and O–H groups in total. The van der Waals surface area contributed by atoms with Crippen molar-refractivity contribution in [2.45, 2.75) is 213 Å². The Morgan fingerprint density at radius 2 is 0.615 bits per heavy atom. The van der Waals surface area contributed by atoms with E-state index in [4.69, 9.17) is 9.47 Å². The molecule has 39 heavy (non-hydrogen) atoms. The number of carbonyl (C=O) groups is 2. The highest BCUT2D eigenvalue weighted by atomic mass is 16.6. The molecule has 0 rings (SSSR count). The number of hydrogen-bond donors (Lipinski definition) is 0. The minimum atomic E-state index is -0.399. The van der Waals surface area contributed by atoms with Crippen molar-refractivity contribution in [1.29, 1.82) is 0 Å². The molecule has 4 heteroatoms. The molecule has 2 atom stereocenters. The van der Waals surface area contributed by atoms with E-state index in [9.17, 15) is 9.59 Å². The third kappa shape index (κ3) is 26.9. The Kier molecular flexibility index (Phi) is 29.1. The maximum Gasteiger partial charge on any atom is 0.317 e. The van der Waals surface area contributed by atoms with Crippen LogP contribution in [0.5, 0.6) is 0 Å². The number of unbranched alkanes of at least 4 members (excludes halogenated alkanes) is 18. The number of ether oxygens (including phenoxy) is 2. The molecule has 0 fully saturated rings. The number of carbonyl (C=O) groups excluding carboxylic acids is 2.